The smallest absolute Gasteiger partial charge is 0.275 e. The van der Waals surface area contributed by atoms with Crippen molar-refractivity contribution in [3.05, 3.63) is 65.8 Å². The number of anilines is 1. The zero-order chi connectivity index (χ0) is 19.5. The molecule has 1 aromatic carbocycles. The lowest BCUT2D eigenvalue weighted by Crippen LogP contribution is -2.51. The average Bonchev–Trinajstić information content (AvgIpc) is 3.15. The van der Waals surface area contributed by atoms with Crippen molar-refractivity contribution in [3.8, 4) is 5.75 Å². The molecular weight excluding hydrogens is 376 g/mol. The predicted octanol–water partition coefficient (Wildman–Crippen LogP) is 2.01. The van der Waals surface area contributed by atoms with Crippen LogP contribution in [0.3, 0.4) is 0 Å². The molecule has 2 aliphatic rings. The molecule has 3 heterocycles. The summed E-state index contributed by atoms with van der Waals surface area (Å²) in [5.41, 5.74) is 1.15. The van der Waals surface area contributed by atoms with Gasteiger partial charge in [0.05, 0.1) is 0 Å². The number of thiol groups is 1. The normalized spacial score (nSPS) is 22.1. The van der Waals surface area contributed by atoms with Crippen LogP contribution in [0.5, 0.6) is 5.75 Å². The van der Waals surface area contributed by atoms with Crippen molar-refractivity contribution in [3.63, 3.8) is 0 Å². The monoisotopic (exact) mass is 396 g/mol. The Balaban J connectivity index is 1.45. The van der Waals surface area contributed by atoms with Crippen LogP contribution in [0.4, 0.5) is 5.82 Å². The number of carbonyl (C=O) groups is 2. The van der Waals surface area contributed by atoms with E-state index in [4.69, 9.17) is 4.74 Å². The van der Waals surface area contributed by atoms with Gasteiger partial charge in [0.1, 0.15) is 17.7 Å². The zero-order valence-corrected chi connectivity index (χ0v) is 16.2. The number of hydrogen-bond donors (Lipinski definition) is 2. The van der Waals surface area contributed by atoms with Crippen LogP contribution in [-0.4, -0.2) is 41.5 Å². The van der Waals surface area contributed by atoms with Crippen molar-refractivity contribution in [2.24, 2.45) is 4.99 Å². The third-order valence-corrected chi connectivity index (χ3v) is 6.58. The maximum absolute atomic E-state index is 12.8. The van der Waals surface area contributed by atoms with Crippen molar-refractivity contribution >= 4 is 33.6 Å². The lowest BCUT2D eigenvalue weighted by Gasteiger charge is -2.21. The number of pyridine rings is 1. The highest BCUT2D eigenvalue weighted by molar-refractivity contribution is 8.33. The van der Waals surface area contributed by atoms with E-state index in [2.05, 4.69) is 15.3 Å². The van der Waals surface area contributed by atoms with Gasteiger partial charge < -0.3 is 10.1 Å². The Morgan fingerprint density at radius 1 is 1.29 bits per heavy atom. The fourth-order valence-electron chi connectivity index (χ4n) is 3.08. The molecule has 1 N–H and O–H groups in total. The van der Waals surface area contributed by atoms with Gasteiger partial charge in [0, 0.05) is 25.2 Å². The van der Waals surface area contributed by atoms with Crippen LogP contribution in [0.25, 0.3) is 0 Å². The maximum Gasteiger partial charge on any atom is 0.275 e. The molecule has 1 aromatic heterocycles. The summed E-state index contributed by atoms with van der Waals surface area (Å²) in [6, 6.07) is 12.7. The van der Waals surface area contributed by atoms with Crippen molar-refractivity contribution in [2.45, 2.75) is 11.8 Å². The van der Waals surface area contributed by atoms with Gasteiger partial charge in [0.25, 0.3) is 11.8 Å². The van der Waals surface area contributed by atoms with E-state index in [-0.39, 0.29) is 18.4 Å². The number of amides is 2. The van der Waals surface area contributed by atoms with Crippen molar-refractivity contribution in [2.75, 3.05) is 18.6 Å². The van der Waals surface area contributed by atoms with E-state index >= 15 is 0 Å². The summed E-state index contributed by atoms with van der Waals surface area (Å²) in [7, 11) is 0.774. The molecule has 0 saturated carbocycles. The molecule has 2 atom stereocenters. The molecule has 144 valence electrons. The van der Waals surface area contributed by atoms with E-state index in [1.54, 1.807) is 31.6 Å². The first kappa shape index (κ1) is 18.2. The number of nitrogens with one attached hydrogen (secondary N) is 1. The topological polar surface area (TPSA) is 83.9 Å². The van der Waals surface area contributed by atoms with E-state index in [9.17, 15) is 9.59 Å². The van der Waals surface area contributed by atoms with Gasteiger partial charge in [0.15, 0.2) is 11.6 Å². The van der Waals surface area contributed by atoms with Crippen LogP contribution < -0.4 is 15.0 Å². The highest BCUT2D eigenvalue weighted by atomic mass is 32.2. The molecule has 8 heteroatoms. The number of benzene rings is 1. The number of carbonyl (C=O) groups excluding carboxylic acids is 2. The van der Waals surface area contributed by atoms with Gasteiger partial charge in [0.2, 0.25) is 0 Å². The Hall–Kier alpha value is -3.13. The number of ether oxygens (including phenoxy) is 1. The predicted molar refractivity (Wildman–Crippen MR) is 111 cm³/mol. The fraction of sp³-hybridized carbons (Fsp3) is 0.200. The van der Waals surface area contributed by atoms with E-state index in [1.807, 2.05) is 35.7 Å². The number of hydrogen-bond acceptors (Lipinski definition) is 5. The van der Waals surface area contributed by atoms with Crippen LogP contribution in [0.1, 0.15) is 5.56 Å². The SMILES string of the molecule is CN1C(=O)C(NC(=O)C2=NC=C[SH]2Cc2ccccc2)COc2cccnc21. The van der Waals surface area contributed by atoms with Gasteiger partial charge in [-0.15, -0.1) is 0 Å². The van der Waals surface area contributed by atoms with Gasteiger partial charge in [-0.3, -0.25) is 14.5 Å². The highest BCUT2D eigenvalue weighted by Crippen LogP contribution is 2.37. The second kappa shape index (κ2) is 7.85. The first-order valence-corrected chi connectivity index (χ1v) is 10.4. The minimum absolute atomic E-state index is 0.0466. The van der Waals surface area contributed by atoms with Crippen molar-refractivity contribution in [1.82, 2.24) is 10.3 Å². The van der Waals surface area contributed by atoms with Gasteiger partial charge >= 0.3 is 0 Å². The quantitative estimate of drug-likeness (QED) is 0.775. The number of likely N-dealkylation sites (N-methyl/N-ethyl adjacent to an activating group) is 1. The Labute approximate surface area is 165 Å². The minimum Gasteiger partial charge on any atom is -0.487 e. The summed E-state index contributed by atoms with van der Waals surface area (Å²) in [5, 5.41) is 5.23. The molecule has 2 unspecified atom stereocenters. The number of nitrogens with zero attached hydrogens (tertiary/aromatic N) is 3. The number of aliphatic imine (C=N–C) groups is 1. The number of aromatic nitrogens is 1. The molecule has 0 aliphatic carbocycles. The van der Waals surface area contributed by atoms with Gasteiger partial charge in [-0.05, 0) is 23.1 Å². The Bertz CT molecular complexity index is 961. The third kappa shape index (κ3) is 3.63. The molecule has 2 aromatic rings. The Morgan fingerprint density at radius 3 is 2.93 bits per heavy atom. The van der Waals surface area contributed by atoms with Crippen LogP contribution in [0.2, 0.25) is 0 Å². The molecule has 2 aliphatic heterocycles. The molecule has 2 amide bonds. The van der Waals surface area contributed by atoms with Gasteiger partial charge in [-0.25, -0.2) is 9.98 Å². The third-order valence-electron chi connectivity index (χ3n) is 4.52. The summed E-state index contributed by atoms with van der Waals surface area (Å²) >= 11 is 0. The maximum atomic E-state index is 12.8. The zero-order valence-electron chi connectivity index (χ0n) is 15.3. The number of fused-ring (bicyclic) bond motifs is 1. The largest absolute Gasteiger partial charge is 0.487 e. The summed E-state index contributed by atoms with van der Waals surface area (Å²) in [6.45, 7) is 0.0466. The van der Waals surface area contributed by atoms with Crippen LogP contribution in [0, 0.1) is 0 Å². The minimum atomic E-state index is -0.850. The highest BCUT2D eigenvalue weighted by Gasteiger charge is 2.33. The molecule has 0 radical (unpaired) electrons. The van der Waals surface area contributed by atoms with E-state index in [1.165, 1.54) is 4.90 Å². The van der Waals surface area contributed by atoms with E-state index in [0.717, 1.165) is 11.3 Å². The molecule has 4 rings (SSSR count). The Kier molecular flexibility index (Phi) is 5.12. The molecular formula is C20H20N4O3S. The first-order chi connectivity index (χ1) is 13.6. The molecule has 28 heavy (non-hydrogen) atoms. The molecule has 0 bridgehead atoms. The summed E-state index contributed by atoms with van der Waals surface area (Å²) in [6.07, 6.45) is 3.27. The molecule has 0 spiro atoms. The lowest BCUT2D eigenvalue weighted by molar-refractivity contribution is -0.124. The molecule has 0 saturated heterocycles. The van der Waals surface area contributed by atoms with Crippen molar-refractivity contribution < 1.29 is 14.3 Å². The van der Waals surface area contributed by atoms with Gasteiger partial charge in [-0.1, -0.05) is 30.3 Å². The van der Waals surface area contributed by atoms with E-state index in [0.29, 0.717) is 16.6 Å². The fourth-order valence-corrected chi connectivity index (χ4v) is 4.85. The van der Waals surface area contributed by atoms with Gasteiger partial charge in [-0.2, -0.15) is 10.9 Å². The Morgan fingerprint density at radius 2 is 2.11 bits per heavy atom. The molecule has 7 nitrogen and oxygen atoms in total. The summed E-state index contributed by atoms with van der Waals surface area (Å²) in [5.74, 6) is 1.09. The molecule has 0 fully saturated rings. The van der Waals surface area contributed by atoms with Crippen LogP contribution in [0.15, 0.2) is 65.3 Å². The van der Waals surface area contributed by atoms with E-state index < -0.39 is 16.9 Å². The first-order valence-electron chi connectivity index (χ1n) is 8.85. The average molecular weight is 396 g/mol. The van der Waals surface area contributed by atoms with Crippen LogP contribution >= 0.6 is 10.9 Å². The summed E-state index contributed by atoms with van der Waals surface area (Å²) in [4.78, 5) is 35.5. The number of rotatable bonds is 4. The summed E-state index contributed by atoms with van der Waals surface area (Å²) < 4.78 is 5.70. The second-order valence-corrected chi connectivity index (χ2v) is 8.40. The standard InChI is InChI=1S/C20H20N4O3S/c1-24-17-16(8-5-9-21-17)27-12-15(20(24)26)23-18(25)19-22-10-11-28(19)13-14-6-3-2-4-7-14/h2-11,15,28H,12-13H2,1H3,(H,23,25). The second-order valence-electron chi connectivity index (χ2n) is 6.42. The van der Waals surface area contributed by atoms with Crippen molar-refractivity contribution in [1.29, 1.82) is 0 Å². The van der Waals surface area contributed by atoms with Crippen LogP contribution in [-0.2, 0) is 15.3 Å². The lowest BCUT2D eigenvalue weighted by atomic mass is 10.2.